The first-order valence-corrected chi connectivity index (χ1v) is 5.78. The zero-order valence-electron chi connectivity index (χ0n) is 9.93. The fourth-order valence-electron chi connectivity index (χ4n) is 1.68. The summed E-state index contributed by atoms with van der Waals surface area (Å²) in [5.74, 6) is 0. The van der Waals surface area contributed by atoms with Crippen molar-refractivity contribution >= 4 is 0 Å². The van der Waals surface area contributed by atoms with Gasteiger partial charge < -0.3 is 5.32 Å². The molecule has 4 nitrogen and oxygen atoms in total. The average molecular weight is 228 g/mol. The number of hydrogen-bond donors (Lipinski definition) is 1. The van der Waals surface area contributed by atoms with Crippen LogP contribution in [0.15, 0.2) is 36.9 Å². The molecule has 0 radical (unpaired) electrons. The van der Waals surface area contributed by atoms with Crippen LogP contribution in [0.25, 0.3) is 0 Å². The lowest BCUT2D eigenvalue weighted by Crippen LogP contribution is -2.16. The van der Waals surface area contributed by atoms with Gasteiger partial charge in [0.15, 0.2) is 0 Å². The third-order valence-electron chi connectivity index (χ3n) is 2.58. The molecule has 0 bridgehead atoms. The van der Waals surface area contributed by atoms with Gasteiger partial charge in [-0.3, -0.25) is 15.0 Å². The molecule has 88 valence electrons. The molecule has 0 aliphatic rings. The van der Waals surface area contributed by atoms with Gasteiger partial charge in [-0.25, -0.2) is 0 Å². The van der Waals surface area contributed by atoms with E-state index in [1.54, 1.807) is 18.6 Å². The molecule has 2 aromatic rings. The van der Waals surface area contributed by atoms with Gasteiger partial charge in [0.25, 0.3) is 0 Å². The molecule has 0 spiro atoms. The van der Waals surface area contributed by atoms with Crippen molar-refractivity contribution in [2.75, 3.05) is 0 Å². The summed E-state index contributed by atoms with van der Waals surface area (Å²) >= 11 is 0. The van der Waals surface area contributed by atoms with Gasteiger partial charge in [0.2, 0.25) is 0 Å². The lowest BCUT2D eigenvalue weighted by molar-refractivity contribution is 0.659. The first kappa shape index (κ1) is 11.7. The maximum atomic E-state index is 4.38. The lowest BCUT2D eigenvalue weighted by Gasteiger charge is -2.07. The van der Waals surface area contributed by atoms with Gasteiger partial charge in [-0.15, -0.1) is 0 Å². The largest absolute Gasteiger partial charge is 0.305 e. The van der Waals surface area contributed by atoms with Crippen LogP contribution in [-0.2, 0) is 19.5 Å². The van der Waals surface area contributed by atoms with Gasteiger partial charge in [-0.1, -0.05) is 13.0 Å². The number of rotatable bonds is 5. The zero-order valence-corrected chi connectivity index (χ0v) is 9.93. The quantitative estimate of drug-likeness (QED) is 0.846. The Morgan fingerprint density at radius 2 is 2.06 bits per heavy atom. The van der Waals surface area contributed by atoms with Crippen LogP contribution >= 0.6 is 0 Å². The molecule has 0 aliphatic carbocycles. The Labute approximate surface area is 101 Å². The Bertz CT molecular complexity index is 456. The van der Waals surface area contributed by atoms with Gasteiger partial charge >= 0.3 is 0 Å². The van der Waals surface area contributed by atoms with Crippen molar-refractivity contribution in [2.24, 2.45) is 0 Å². The van der Waals surface area contributed by atoms with E-state index in [1.807, 2.05) is 12.3 Å². The topological polar surface area (TPSA) is 50.7 Å². The summed E-state index contributed by atoms with van der Waals surface area (Å²) in [6.07, 6.45) is 7.99. The second kappa shape index (κ2) is 6.06. The number of aromatic nitrogens is 3. The predicted molar refractivity (Wildman–Crippen MR) is 66.2 cm³/mol. The lowest BCUT2D eigenvalue weighted by atomic mass is 10.1. The summed E-state index contributed by atoms with van der Waals surface area (Å²) in [7, 11) is 0. The van der Waals surface area contributed by atoms with Crippen molar-refractivity contribution in [3.05, 3.63) is 53.9 Å². The van der Waals surface area contributed by atoms with Crippen molar-refractivity contribution in [2.45, 2.75) is 26.4 Å². The van der Waals surface area contributed by atoms with Crippen LogP contribution in [0.5, 0.6) is 0 Å². The third-order valence-corrected chi connectivity index (χ3v) is 2.58. The Morgan fingerprint density at radius 3 is 2.82 bits per heavy atom. The highest BCUT2D eigenvalue weighted by Gasteiger charge is 2.01. The summed E-state index contributed by atoms with van der Waals surface area (Å²) in [5, 5.41) is 3.33. The number of nitrogens with zero attached hydrogens (tertiary/aromatic N) is 3. The highest BCUT2D eigenvalue weighted by molar-refractivity contribution is 5.19. The van der Waals surface area contributed by atoms with Crippen LogP contribution in [0.2, 0.25) is 0 Å². The fourth-order valence-corrected chi connectivity index (χ4v) is 1.68. The van der Waals surface area contributed by atoms with E-state index in [0.717, 1.165) is 24.4 Å². The second-order valence-electron chi connectivity index (χ2n) is 3.76. The first-order valence-electron chi connectivity index (χ1n) is 5.78. The maximum absolute atomic E-state index is 4.38. The molecule has 0 amide bonds. The van der Waals surface area contributed by atoms with E-state index in [0.29, 0.717) is 6.54 Å². The molecule has 2 heterocycles. The van der Waals surface area contributed by atoms with Crippen molar-refractivity contribution in [3.8, 4) is 0 Å². The molecule has 17 heavy (non-hydrogen) atoms. The molecule has 0 saturated carbocycles. The highest BCUT2D eigenvalue weighted by atomic mass is 14.9. The maximum Gasteiger partial charge on any atom is 0.0724 e. The van der Waals surface area contributed by atoms with Crippen molar-refractivity contribution in [1.29, 1.82) is 0 Å². The molecule has 0 aliphatic heterocycles. The number of pyridine rings is 1. The Balaban J connectivity index is 1.90. The summed E-state index contributed by atoms with van der Waals surface area (Å²) in [6.45, 7) is 3.62. The summed E-state index contributed by atoms with van der Waals surface area (Å²) in [4.78, 5) is 12.6. The number of hydrogen-bond acceptors (Lipinski definition) is 4. The first-order chi connectivity index (χ1) is 8.40. The van der Waals surface area contributed by atoms with Crippen molar-refractivity contribution in [1.82, 2.24) is 20.3 Å². The summed E-state index contributed by atoms with van der Waals surface area (Å²) in [6, 6.07) is 4.09. The normalized spacial score (nSPS) is 10.4. The van der Waals surface area contributed by atoms with Crippen LogP contribution < -0.4 is 5.32 Å². The monoisotopic (exact) mass is 228 g/mol. The van der Waals surface area contributed by atoms with Gasteiger partial charge in [0.1, 0.15) is 0 Å². The molecule has 1 N–H and O–H groups in total. The molecule has 0 aromatic carbocycles. The van der Waals surface area contributed by atoms with E-state index in [4.69, 9.17) is 0 Å². The summed E-state index contributed by atoms with van der Waals surface area (Å²) in [5.41, 5.74) is 3.35. The Morgan fingerprint density at radius 1 is 1.12 bits per heavy atom. The van der Waals surface area contributed by atoms with E-state index in [1.165, 1.54) is 5.56 Å². The molecular formula is C13H16N4. The minimum Gasteiger partial charge on any atom is -0.305 e. The molecule has 0 atom stereocenters. The van der Waals surface area contributed by atoms with Crippen LogP contribution in [0.1, 0.15) is 23.9 Å². The van der Waals surface area contributed by atoms with Crippen molar-refractivity contribution in [3.63, 3.8) is 0 Å². The minimum atomic E-state index is 0.716. The van der Waals surface area contributed by atoms with Crippen LogP contribution in [-0.4, -0.2) is 15.0 Å². The molecule has 0 fully saturated rings. The third kappa shape index (κ3) is 3.32. The SMILES string of the molecule is CCc1cccnc1CNCc1cnccn1. The van der Waals surface area contributed by atoms with E-state index in [2.05, 4.69) is 33.3 Å². The number of nitrogens with one attached hydrogen (secondary N) is 1. The smallest absolute Gasteiger partial charge is 0.0724 e. The average Bonchev–Trinajstić information content (AvgIpc) is 2.40. The molecule has 0 unspecified atom stereocenters. The standard InChI is InChI=1S/C13H16N4/c1-2-11-4-3-5-17-13(11)10-15-9-12-8-14-6-7-16-12/h3-8,15H,2,9-10H2,1H3. The Hall–Kier alpha value is -1.81. The van der Waals surface area contributed by atoms with E-state index >= 15 is 0 Å². The summed E-state index contributed by atoms with van der Waals surface area (Å²) < 4.78 is 0. The van der Waals surface area contributed by atoms with E-state index < -0.39 is 0 Å². The molecule has 2 aromatic heterocycles. The molecule has 4 heteroatoms. The van der Waals surface area contributed by atoms with Gasteiger partial charge in [-0.2, -0.15) is 0 Å². The van der Waals surface area contributed by atoms with Gasteiger partial charge in [-0.05, 0) is 18.1 Å². The zero-order chi connectivity index (χ0) is 11.9. The van der Waals surface area contributed by atoms with Crippen LogP contribution in [0.4, 0.5) is 0 Å². The Kier molecular flexibility index (Phi) is 4.16. The highest BCUT2D eigenvalue weighted by Crippen LogP contribution is 2.05. The van der Waals surface area contributed by atoms with Crippen molar-refractivity contribution < 1.29 is 0 Å². The van der Waals surface area contributed by atoms with Crippen LogP contribution in [0.3, 0.4) is 0 Å². The minimum absolute atomic E-state index is 0.716. The second-order valence-corrected chi connectivity index (χ2v) is 3.76. The molecule has 2 rings (SSSR count). The van der Waals surface area contributed by atoms with Gasteiger partial charge in [0, 0.05) is 37.9 Å². The van der Waals surface area contributed by atoms with E-state index in [9.17, 15) is 0 Å². The number of aryl methyl sites for hydroxylation is 1. The van der Waals surface area contributed by atoms with Gasteiger partial charge in [0.05, 0.1) is 11.4 Å². The fraction of sp³-hybridized carbons (Fsp3) is 0.308. The predicted octanol–water partition coefficient (Wildman–Crippen LogP) is 1.72. The molecular weight excluding hydrogens is 212 g/mol. The molecule has 0 saturated heterocycles. The van der Waals surface area contributed by atoms with Crippen LogP contribution in [0, 0.1) is 0 Å². The van der Waals surface area contributed by atoms with E-state index in [-0.39, 0.29) is 0 Å².